The molecule has 2 rings (SSSR count). The van der Waals surface area contributed by atoms with Crippen molar-refractivity contribution in [2.75, 3.05) is 0 Å². The zero-order chi connectivity index (χ0) is 12.3. The second kappa shape index (κ2) is 6.21. The number of hydrogen-bond donors (Lipinski definition) is 1. The lowest BCUT2D eigenvalue weighted by Crippen LogP contribution is -2.31. The van der Waals surface area contributed by atoms with Crippen LogP contribution in [0.5, 0.6) is 0 Å². The van der Waals surface area contributed by atoms with E-state index in [0.717, 1.165) is 22.0 Å². The second-order valence-corrected chi connectivity index (χ2v) is 6.22. The van der Waals surface area contributed by atoms with E-state index in [4.69, 9.17) is 11.6 Å². The first-order chi connectivity index (χ1) is 8.16. The maximum absolute atomic E-state index is 6.08. The summed E-state index contributed by atoms with van der Waals surface area (Å²) < 4.78 is 0.965. The monoisotopic (exact) mass is 315 g/mol. The SMILES string of the molecule is C[C@@H](NCc1ccc(Br)c(Cl)c1)C1CCCC1. The normalized spacial score (nSPS) is 18.5. The largest absolute Gasteiger partial charge is 0.310 e. The Labute approximate surface area is 117 Å². The van der Waals surface area contributed by atoms with Crippen LogP contribution in [0.25, 0.3) is 0 Å². The van der Waals surface area contributed by atoms with Gasteiger partial charge in [0.05, 0.1) is 5.02 Å². The number of rotatable bonds is 4. The van der Waals surface area contributed by atoms with Crippen LogP contribution in [0, 0.1) is 5.92 Å². The average molecular weight is 317 g/mol. The molecule has 94 valence electrons. The molecule has 17 heavy (non-hydrogen) atoms. The summed E-state index contributed by atoms with van der Waals surface area (Å²) in [6.07, 6.45) is 5.58. The van der Waals surface area contributed by atoms with E-state index in [2.05, 4.69) is 34.2 Å². The molecule has 0 spiro atoms. The summed E-state index contributed by atoms with van der Waals surface area (Å²) in [5.74, 6) is 0.862. The summed E-state index contributed by atoms with van der Waals surface area (Å²) >= 11 is 9.49. The second-order valence-electron chi connectivity index (χ2n) is 4.96. The van der Waals surface area contributed by atoms with Crippen molar-refractivity contribution in [3.8, 4) is 0 Å². The van der Waals surface area contributed by atoms with Gasteiger partial charge in [-0.05, 0) is 59.3 Å². The maximum Gasteiger partial charge on any atom is 0.0551 e. The summed E-state index contributed by atoms with van der Waals surface area (Å²) in [6.45, 7) is 3.21. The van der Waals surface area contributed by atoms with Crippen molar-refractivity contribution in [2.45, 2.75) is 45.2 Å². The number of hydrogen-bond acceptors (Lipinski definition) is 1. The molecule has 1 aromatic rings. The van der Waals surface area contributed by atoms with Crippen molar-refractivity contribution in [1.82, 2.24) is 5.32 Å². The molecule has 0 aromatic heterocycles. The molecule has 0 radical (unpaired) electrons. The van der Waals surface area contributed by atoms with Gasteiger partial charge in [0, 0.05) is 17.1 Å². The van der Waals surface area contributed by atoms with Crippen LogP contribution in [0.1, 0.15) is 38.2 Å². The van der Waals surface area contributed by atoms with Crippen molar-refractivity contribution >= 4 is 27.5 Å². The molecule has 1 saturated carbocycles. The topological polar surface area (TPSA) is 12.0 Å². The summed E-state index contributed by atoms with van der Waals surface area (Å²) in [5, 5.41) is 4.40. The van der Waals surface area contributed by atoms with Gasteiger partial charge in [0.15, 0.2) is 0 Å². The lowest BCUT2D eigenvalue weighted by atomic mass is 9.99. The van der Waals surface area contributed by atoms with Crippen molar-refractivity contribution < 1.29 is 0 Å². The fourth-order valence-electron chi connectivity index (χ4n) is 2.55. The molecular weight excluding hydrogens is 298 g/mol. The van der Waals surface area contributed by atoms with Crippen LogP contribution in [0.3, 0.4) is 0 Å². The molecule has 0 bridgehead atoms. The van der Waals surface area contributed by atoms with Crippen LogP contribution in [-0.2, 0) is 6.54 Å². The van der Waals surface area contributed by atoms with E-state index in [0.29, 0.717) is 6.04 Å². The Bertz CT molecular complexity index is 374. The van der Waals surface area contributed by atoms with Crippen LogP contribution in [0.15, 0.2) is 22.7 Å². The smallest absolute Gasteiger partial charge is 0.0551 e. The minimum Gasteiger partial charge on any atom is -0.310 e. The molecule has 1 aliphatic rings. The summed E-state index contributed by atoms with van der Waals surface area (Å²) in [5.41, 5.74) is 1.25. The highest BCUT2D eigenvalue weighted by atomic mass is 79.9. The Kier molecular flexibility index (Phi) is 4.89. The summed E-state index contributed by atoms with van der Waals surface area (Å²) in [4.78, 5) is 0. The third kappa shape index (κ3) is 3.70. The number of halogens is 2. The van der Waals surface area contributed by atoms with E-state index < -0.39 is 0 Å². The van der Waals surface area contributed by atoms with E-state index in [1.807, 2.05) is 12.1 Å². The van der Waals surface area contributed by atoms with Crippen LogP contribution >= 0.6 is 27.5 Å². The first-order valence-electron chi connectivity index (χ1n) is 6.34. The van der Waals surface area contributed by atoms with E-state index >= 15 is 0 Å². The zero-order valence-electron chi connectivity index (χ0n) is 10.2. The van der Waals surface area contributed by atoms with Gasteiger partial charge < -0.3 is 5.32 Å². The van der Waals surface area contributed by atoms with E-state index in [1.54, 1.807) is 0 Å². The van der Waals surface area contributed by atoms with Gasteiger partial charge in [0.1, 0.15) is 0 Å². The van der Waals surface area contributed by atoms with Gasteiger partial charge in [-0.2, -0.15) is 0 Å². The van der Waals surface area contributed by atoms with Gasteiger partial charge in [-0.3, -0.25) is 0 Å². The molecule has 1 fully saturated rings. The predicted molar refractivity (Wildman–Crippen MR) is 77.4 cm³/mol. The molecule has 0 saturated heterocycles. The van der Waals surface area contributed by atoms with E-state index in [1.165, 1.54) is 31.2 Å². The van der Waals surface area contributed by atoms with Crippen LogP contribution in [-0.4, -0.2) is 6.04 Å². The summed E-state index contributed by atoms with van der Waals surface area (Å²) in [6, 6.07) is 6.77. The molecular formula is C14H19BrClN. The molecule has 1 aromatic carbocycles. The molecule has 0 heterocycles. The van der Waals surface area contributed by atoms with Crippen molar-refractivity contribution in [1.29, 1.82) is 0 Å². The Morgan fingerprint density at radius 3 is 2.76 bits per heavy atom. The Morgan fingerprint density at radius 2 is 2.12 bits per heavy atom. The summed E-state index contributed by atoms with van der Waals surface area (Å²) in [7, 11) is 0. The molecule has 0 amide bonds. The van der Waals surface area contributed by atoms with Gasteiger partial charge in [-0.1, -0.05) is 30.5 Å². The molecule has 1 aliphatic carbocycles. The molecule has 1 N–H and O–H groups in total. The zero-order valence-corrected chi connectivity index (χ0v) is 12.5. The Morgan fingerprint density at radius 1 is 1.41 bits per heavy atom. The van der Waals surface area contributed by atoms with Crippen molar-refractivity contribution in [3.05, 3.63) is 33.3 Å². The highest BCUT2D eigenvalue weighted by molar-refractivity contribution is 9.10. The highest BCUT2D eigenvalue weighted by Gasteiger charge is 2.20. The quantitative estimate of drug-likeness (QED) is 0.843. The van der Waals surface area contributed by atoms with E-state index in [9.17, 15) is 0 Å². The molecule has 0 unspecified atom stereocenters. The molecule has 0 aliphatic heterocycles. The van der Waals surface area contributed by atoms with Crippen molar-refractivity contribution in [2.24, 2.45) is 5.92 Å². The fourth-order valence-corrected chi connectivity index (χ4v) is 3.00. The number of benzene rings is 1. The first-order valence-corrected chi connectivity index (χ1v) is 7.51. The standard InChI is InChI=1S/C14H19BrClN/c1-10(12-4-2-3-5-12)17-9-11-6-7-13(15)14(16)8-11/h6-8,10,12,17H,2-5,9H2,1H3/t10-/m1/s1. The third-order valence-electron chi connectivity index (χ3n) is 3.72. The molecule has 1 atom stereocenters. The Balaban J connectivity index is 1.86. The fraction of sp³-hybridized carbons (Fsp3) is 0.571. The lowest BCUT2D eigenvalue weighted by molar-refractivity contribution is 0.380. The molecule has 3 heteroatoms. The van der Waals surface area contributed by atoms with Gasteiger partial charge in [0.2, 0.25) is 0 Å². The van der Waals surface area contributed by atoms with Gasteiger partial charge in [-0.15, -0.1) is 0 Å². The average Bonchev–Trinajstić information content (AvgIpc) is 2.84. The van der Waals surface area contributed by atoms with Gasteiger partial charge in [-0.25, -0.2) is 0 Å². The minimum absolute atomic E-state index is 0.611. The van der Waals surface area contributed by atoms with Crippen LogP contribution in [0.4, 0.5) is 0 Å². The predicted octanol–water partition coefficient (Wildman–Crippen LogP) is 4.77. The molecule has 1 nitrogen and oxygen atoms in total. The van der Waals surface area contributed by atoms with Gasteiger partial charge in [0.25, 0.3) is 0 Å². The van der Waals surface area contributed by atoms with Crippen LogP contribution in [0.2, 0.25) is 5.02 Å². The number of nitrogens with one attached hydrogen (secondary N) is 1. The Hall–Kier alpha value is -0.0500. The third-order valence-corrected chi connectivity index (χ3v) is 4.95. The van der Waals surface area contributed by atoms with Crippen LogP contribution < -0.4 is 5.32 Å². The van der Waals surface area contributed by atoms with Gasteiger partial charge >= 0.3 is 0 Å². The van der Waals surface area contributed by atoms with Crippen molar-refractivity contribution in [3.63, 3.8) is 0 Å². The first kappa shape index (κ1) is 13.4. The lowest BCUT2D eigenvalue weighted by Gasteiger charge is -2.20. The maximum atomic E-state index is 6.08. The highest BCUT2D eigenvalue weighted by Crippen LogP contribution is 2.28. The minimum atomic E-state index is 0.611. The van der Waals surface area contributed by atoms with E-state index in [-0.39, 0.29) is 0 Å².